The lowest BCUT2D eigenvalue weighted by molar-refractivity contribution is -0.143. The third-order valence-electron chi connectivity index (χ3n) is 4.54. The molecule has 184 valence electrons. The van der Waals surface area contributed by atoms with Crippen LogP contribution in [0.5, 0.6) is 0 Å². The fraction of sp³-hybridized carbons (Fsp3) is 0.737. The molecule has 0 aliphatic carbocycles. The Bertz CT molecular complexity index is 674. The lowest BCUT2D eigenvalue weighted by Gasteiger charge is -2.28. The van der Waals surface area contributed by atoms with Gasteiger partial charge in [-0.25, -0.2) is 4.79 Å². The summed E-state index contributed by atoms with van der Waals surface area (Å²) in [6, 6.07) is -4.93. The van der Waals surface area contributed by atoms with Crippen LogP contribution >= 0.6 is 11.8 Å². The summed E-state index contributed by atoms with van der Waals surface area (Å²) in [5, 5.41) is 35.0. The highest BCUT2D eigenvalue weighted by atomic mass is 32.2. The lowest BCUT2D eigenvalue weighted by Crippen LogP contribution is -2.60. The summed E-state index contributed by atoms with van der Waals surface area (Å²) in [6.45, 7) is 4.53. The molecule has 0 saturated carbocycles. The van der Waals surface area contributed by atoms with Crippen molar-refractivity contribution in [1.82, 2.24) is 16.0 Å². The normalized spacial score (nSPS) is 15.7. The number of aliphatic hydroxyl groups is 1. The van der Waals surface area contributed by atoms with Crippen LogP contribution in [0.2, 0.25) is 0 Å². The maximum absolute atomic E-state index is 12.7. The van der Waals surface area contributed by atoms with E-state index < -0.39 is 65.8 Å². The minimum atomic E-state index is -1.46. The van der Waals surface area contributed by atoms with Crippen molar-refractivity contribution in [3.05, 3.63) is 0 Å². The first-order valence-corrected chi connectivity index (χ1v) is 11.5. The zero-order valence-electron chi connectivity index (χ0n) is 18.7. The number of aliphatic hydroxyl groups excluding tert-OH is 1. The molecule has 0 radical (unpaired) electrons. The fourth-order valence-corrected chi connectivity index (χ4v) is 3.08. The van der Waals surface area contributed by atoms with Gasteiger partial charge in [0.25, 0.3) is 0 Å². The van der Waals surface area contributed by atoms with Gasteiger partial charge in [0, 0.05) is 6.42 Å². The molecule has 12 nitrogen and oxygen atoms in total. The summed E-state index contributed by atoms with van der Waals surface area (Å²) < 4.78 is 0. The molecule has 0 rings (SSSR count). The highest BCUT2D eigenvalue weighted by Gasteiger charge is 2.33. The van der Waals surface area contributed by atoms with Gasteiger partial charge >= 0.3 is 11.9 Å². The summed E-state index contributed by atoms with van der Waals surface area (Å²) in [4.78, 5) is 59.5. The molecule has 0 aromatic heterocycles. The standard InChI is InChI=1S/C19H34N4O8S/c1-9(2)14(17(28)21-12(19(30)31)7-8-32-4)22-18(29)15(10(3)24)23-16(27)11(20)5-6-13(25)26/h9-12,14-15,24H,5-8,20H2,1-4H3,(H,21,28)(H,22,29)(H,23,27)(H,25,26)(H,30,31). The van der Waals surface area contributed by atoms with Crippen LogP contribution < -0.4 is 21.7 Å². The first-order valence-electron chi connectivity index (χ1n) is 10.1. The molecule has 13 heteroatoms. The number of carbonyl (C=O) groups is 5. The van der Waals surface area contributed by atoms with Crippen LogP contribution in [-0.2, 0) is 24.0 Å². The summed E-state index contributed by atoms with van der Waals surface area (Å²) >= 11 is 1.42. The first-order chi connectivity index (χ1) is 14.8. The summed E-state index contributed by atoms with van der Waals surface area (Å²) in [6.07, 6.45) is 0.128. The van der Waals surface area contributed by atoms with Gasteiger partial charge in [0.1, 0.15) is 18.1 Å². The number of nitrogens with two attached hydrogens (primary N) is 1. The number of amides is 3. The molecule has 0 aliphatic rings. The smallest absolute Gasteiger partial charge is 0.326 e. The number of carboxylic acid groups (broad SMARTS) is 2. The molecule has 5 atom stereocenters. The van der Waals surface area contributed by atoms with Gasteiger partial charge in [0.05, 0.1) is 12.1 Å². The van der Waals surface area contributed by atoms with Gasteiger partial charge in [0.15, 0.2) is 0 Å². The Kier molecular flexibility index (Phi) is 13.5. The second-order valence-corrected chi connectivity index (χ2v) is 8.66. The number of carboxylic acids is 2. The van der Waals surface area contributed by atoms with Crippen molar-refractivity contribution in [2.45, 2.75) is 70.3 Å². The van der Waals surface area contributed by atoms with Crippen molar-refractivity contribution in [2.24, 2.45) is 11.7 Å². The molecule has 0 spiro atoms. The summed E-state index contributed by atoms with van der Waals surface area (Å²) in [5.74, 6) is -4.68. The van der Waals surface area contributed by atoms with Gasteiger partial charge in [-0.15, -0.1) is 0 Å². The molecular weight excluding hydrogens is 444 g/mol. The second-order valence-electron chi connectivity index (χ2n) is 7.68. The Morgan fingerprint density at radius 3 is 1.84 bits per heavy atom. The average molecular weight is 479 g/mol. The van der Waals surface area contributed by atoms with E-state index in [4.69, 9.17) is 10.8 Å². The van der Waals surface area contributed by atoms with E-state index in [0.29, 0.717) is 5.75 Å². The van der Waals surface area contributed by atoms with Crippen molar-refractivity contribution in [3.8, 4) is 0 Å². The molecular formula is C19H34N4O8S. The van der Waals surface area contributed by atoms with Gasteiger partial charge < -0.3 is 37.0 Å². The minimum absolute atomic E-state index is 0.168. The third-order valence-corrected chi connectivity index (χ3v) is 5.18. The number of rotatable bonds is 15. The number of hydrogen-bond donors (Lipinski definition) is 7. The monoisotopic (exact) mass is 478 g/mol. The Balaban J connectivity index is 5.27. The number of aliphatic carboxylic acids is 2. The molecule has 5 unspecified atom stereocenters. The number of hydrogen-bond acceptors (Lipinski definition) is 8. The summed E-state index contributed by atoms with van der Waals surface area (Å²) in [5.41, 5.74) is 5.62. The maximum Gasteiger partial charge on any atom is 0.326 e. The van der Waals surface area contributed by atoms with E-state index in [1.165, 1.54) is 18.7 Å². The van der Waals surface area contributed by atoms with E-state index in [1.807, 2.05) is 0 Å². The topological polar surface area (TPSA) is 208 Å². The second kappa shape index (κ2) is 14.6. The Morgan fingerprint density at radius 2 is 1.41 bits per heavy atom. The van der Waals surface area contributed by atoms with Crippen LogP contribution in [0.15, 0.2) is 0 Å². The third kappa shape index (κ3) is 10.8. The molecule has 0 aromatic rings. The predicted octanol–water partition coefficient (Wildman–Crippen LogP) is -1.49. The minimum Gasteiger partial charge on any atom is -0.481 e. The molecule has 0 bridgehead atoms. The van der Waals surface area contributed by atoms with Gasteiger partial charge in [-0.3, -0.25) is 19.2 Å². The SMILES string of the molecule is CSCCC(NC(=O)C(NC(=O)C(NC(=O)C(N)CCC(=O)O)C(C)O)C(C)C)C(=O)O. The van der Waals surface area contributed by atoms with E-state index in [9.17, 15) is 34.2 Å². The lowest BCUT2D eigenvalue weighted by atomic mass is 10.0. The van der Waals surface area contributed by atoms with E-state index in [0.717, 1.165) is 0 Å². The molecule has 0 fully saturated rings. The van der Waals surface area contributed by atoms with Crippen LogP contribution in [0.4, 0.5) is 0 Å². The zero-order chi connectivity index (χ0) is 25.0. The van der Waals surface area contributed by atoms with Crippen molar-refractivity contribution in [1.29, 1.82) is 0 Å². The summed E-state index contributed by atoms with van der Waals surface area (Å²) in [7, 11) is 0. The predicted molar refractivity (Wildman–Crippen MR) is 118 cm³/mol. The van der Waals surface area contributed by atoms with Crippen LogP contribution in [-0.4, -0.2) is 87.3 Å². The van der Waals surface area contributed by atoms with Gasteiger partial charge in [-0.2, -0.15) is 11.8 Å². The van der Waals surface area contributed by atoms with E-state index >= 15 is 0 Å². The van der Waals surface area contributed by atoms with Crippen molar-refractivity contribution in [3.63, 3.8) is 0 Å². The van der Waals surface area contributed by atoms with Crippen LogP contribution in [0.3, 0.4) is 0 Å². The molecule has 0 heterocycles. The first kappa shape index (κ1) is 29.6. The van der Waals surface area contributed by atoms with E-state index in [1.54, 1.807) is 20.1 Å². The van der Waals surface area contributed by atoms with Gasteiger partial charge in [0.2, 0.25) is 17.7 Å². The Morgan fingerprint density at radius 1 is 0.875 bits per heavy atom. The Labute approximate surface area is 191 Å². The van der Waals surface area contributed by atoms with Crippen molar-refractivity contribution >= 4 is 41.4 Å². The molecule has 0 saturated heterocycles. The van der Waals surface area contributed by atoms with Crippen molar-refractivity contribution in [2.75, 3.05) is 12.0 Å². The van der Waals surface area contributed by atoms with E-state index in [-0.39, 0.29) is 19.3 Å². The van der Waals surface area contributed by atoms with Gasteiger partial charge in [-0.05, 0) is 37.7 Å². The highest BCUT2D eigenvalue weighted by Crippen LogP contribution is 2.07. The molecule has 8 N–H and O–H groups in total. The molecule has 3 amide bonds. The number of nitrogens with one attached hydrogen (secondary N) is 3. The van der Waals surface area contributed by atoms with Crippen LogP contribution in [0.25, 0.3) is 0 Å². The van der Waals surface area contributed by atoms with Gasteiger partial charge in [-0.1, -0.05) is 13.8 Å². The average Bonchev–Trinajstić information content (AvgIpc) is 2.69. The maximum atomic E-state index is 12.7. The van der Waals surface area contributed by atoms with Crippen molar-refractivity contribution < 1.29 is 39.3 Å². The van der Waals surface area contributed by atoms with E-state index in [2.05, 4.69) is 16.0 Å². The van der Waals surface area contributed by atoms with Crippen LogP contribution in [0.1, 0.15) is 40.0 Å². The fourth-order valence-electron chi connectivity index (χ4n) is 2.61. The largest absolute Gasteiger partial charge is 0.481 e. The molecule has 32 heavy (non-hydrogen) atoms. The number of carbonyl (C=O) groups excluding carboxylic acids is 3. The zero-order valence-corrected chi connectivity index (χ0v) is 19.5. The van der Waals surface area contributed by atoms with Crippen LogP contribution in [0, 0.1) is 5.92 Å². The number of thioether (sulfide) groups is 1. The quantitative estimate of drug-likeness (QED) is 0.145. The molecule has 0 aliphatic heterocycles. The Hall–Kier alpha value is -2.38. The highest BCUT2D eigenvalue weighted by molar-refractivity contribution is 7.98. The molecule has 0 aromatic carbocycles.